The van der Waals surface area contributed by atoms with E-state index in [2.05, 4.69) is 5.32 Å². The Morgan fingerprint density at radius 1 is 0.921 bits per heavy atom. The summed E-state index contributed by atoms with van der Waals surface area (Å²) in [5.74, 6) is -0.479. The summed E-state index contributed by atoms with van der Waals surface area (Å²) in [6.45, 7) is 5.83. The van der Waals surface area contributed by atoms with Crippen molar-refractivity contribution in [2.75, 3.05) is 32.2 Å². The van der Waals surface area contributed by atoms with Gasteiger partial charge in [0, 0.05) is 22.7 Å². The highest BCUT2D eigenvalue weighted by Gasteiger charge is 2.42. The van der Waals surface area contributed by atoms with Crippen molar-refractivity contribution in [3.8, 4) is 16.9 Å². The number of furan rings is 1. The first-order chi connectivity index (χ1) is 18.4. The number of esters is 1. The normalized spacial score (nSPS) is 12.3. The quantitative estimate of drug-likeness (QED) is 0.145. The first-order valence-electron chi connectivity index (χ1n) is 12.5. The molecule has 3 aromatic carbocycles. The maximum absolute atomic E-state index is 14.3. The SMILES string of the molecule is CCOC(=O)c1cccc(NC(c2oc3cc(OC)ccc3c2-c2ccccc2)P(=O)(OCC)OCC)c1. The van der Waals surface area contributed by atoms with Gasteiger partial charge in [-0.25, -0.2) is 4.79 Å². The fourth-order valence-electron chi connectivity index (χ4n) is 4.26. The predicted molar refractivity (Wildman–Crippen MR) is 148 cm³/mol. The number of carbonyl (C=O) groups is 1. The summed E-state index contributed by atoms with van der Waals surface area (Å²) in [5, 5.41) is 4.11. The Labute approximate surface area is 222 Å². The van der Waals surface area contributed by atoms with Crippen molar-refractivity contribution in [2.45, 2.75) is 26.6 Å². The van der Waals surface area contributed by atoms with Crippen LogP contribution < -0.4 is 10.1 Å². The number of fused-ring (bicyclic) bond motifs is 1. The molecule has 9 heteroatoms. The fourth-order valence-corrected chi connectivity index (χ4v) is 6.13. The summed E-state index contributed by atoms with van der Waals surface area (Å²) >= 11 is 0. The average molecular weight is 538 g/mol. The van der Waals surface area contributed by atoms with Gasteiger partial charge in [0.15, 0.2) is 5.78 Å². The zero-order valence-corrected chi connectivity index (χ0v) is 22.8. The lowest BCUT2D eigenvalue weighted by Gasteiger charge is -2.27. The first-order valence-corrected chi connectivity index (χ1v) is 14.1. The maximum atomic E-state index is 14.3. The molecule has 0 aliphatic rings. The number of carbonyl (C=O) groups excluding carboxylic acids is 1. The van der Waals surface area contributed by atoms with Crippen molar-refractivity contribution in [2.24, 2.45) is 0 Å². The monoisotopic (exact) mass is 537 g/mol. The third kappa shape index (κ3) is 5.78. The maximum Gasteiger partial charge on any atom is 0.360 e. The van der Waals surface area contributed by atoms with E-state index in [4.69, 9.17) is 22.9 Å². The Morgan fingerprint density at radius 3 is 2.32 bits per heavy atom. The van der Waals surface area contributed by atoms with Crippen molar-refractivity contribution in [1.29, 1.82) is 0 Å². The van der Waals surface area contributed by atoms with E-state index >= 15 is 0 Å². The van der Waals surface area contributed by atoms with Crippen molar-refractivity contribution >= 4 is 30.2 Å². The minimum Gasteiger partial charge on any atom is -0.497 e. The van der Waals surface area contributed by atoms with Gasteiger partial charge < -0.3 is 28.3 Å². The van der Waals surface area contributed by atoms with Crippen LogP contribution in [0, 0.1) is 0 Å². The summed E-state index contributed by atoms with van der Waals surface area (Å²) < 4.78 is 42.9. The molecular weight excluding hydrogens is 505 g/mol. The molecular formula is C29H32NO7P. The Bertz CT molecular complexity index is 1420. The molecule has 0 aliphatic carbocycles. The van der Waals surface area contributed by atoms with Crippen LogP contribution in [0.4, 0.5) is 5.69 Å². The smallest absolute Gasteiger partial charge is 0.360 e. The van der Waals surface area contributed by atoms with Gasteiger partial charge in [-0.1, -0.05) is 36.4 Å². The molecule has 4 rings (SSSR count). The zero-order valence-electron chi connectivity index (χ0n) is 21.9. The lowest BCUT2D eigenvalue weighted by molar-refractivity contribution is 0.0526. The van der Waals surface area contributed by atoms with Crippen LogP contribution in [0.3, 0.4) is 0 Å². The Hall–Kier alpha value is -3.58. The fraction of sp³-hybridized carbons (Fsp3) is 0.276. The molecule has 0 fully saturated rings. The molecule has 0 aliphatic heterocycles. The van der Waals surface area contributed by atoms with Crippen LogP contribution in [0.25, 0.3) is 22.1 Å². The van der Waals surface area contributed by atoms with Crippen LogP contribution >= 0.6 is 7.60 Å². The number of hydrogen-bond acceptors (Lipinski definition) is 8. The molecule has 38 heavy (non-hydrogen) atoms. The van der Waals surface area contributed by atoms with Crippen molar-refractivity contribution < 1.29 is 32.3 Å². The van der Waals surface area contributed by atoms with Crippen molar-refractivity contribution in [3.05, 3.63) is 84.1 Å². The van der Waals surface area contributed by atoms with Crippen LogP contribution in [0.5, 0.6) is 5.75 Å². The summed E-state index contributed by atoms with van der Waals surface area (Å²) in [4.78, 5) is 12.4. The van der Waals surface area contributed by atoms with Gasteiger partial charge in [0.05, 0.1) is 32.5 Å². The molecule has 1 heterocycles. The summed E-state index contributed by atoms with van der Waals surface area (Å²) in [7, 11) is -2.26. The molecule has 0 amide bonds. The summed E-state index contributed by atoms with van der Waals surface area (Å²) in [5.41, 5.74) is 3.07. The van der Waals surface area contributed by atoms with E-state index in [0.29, 0.717) is 28.3 Å². The molecule has 1 aromatic heterocycles. The second kappa shape index (κ2) is 12.3. The van der Waals surface area contributed by atoms with Gasteiger partial charge in [-0.2, -0.15) is 0 Å². The zero-order chi connectivity index (χ0) is 27.1. The minimum absolute atomic E-state index is 0.160. The molecule has 1 unspecified atom stereocenters. The molecule has 8 nitrogen and oxygen atoms in total. The Kier molecular flexibility index (Phi) is 8.89. The number of nitrogens with one attached hydrogen (secondary N) is 1. The van der Waals surface area contributed by atoms with E-state index < -0.39 is 19.3 Å². The van der Waals surface area contributed by atoms with Crippen LogP contribution in [0.1, 0.15) is 42.7 Å². The highest BCUT2D eigenvalue weighted by molar-refractivity contribution is 7.54. The van der Waals surface area contributed by atoms with Crippen LogP contribution in [0.15, 0.2) is 77.2 Å². The standard InChI is InChI=1S/C29H32NO7P/c1-5-34-29(31)21-14-11-15-22(18-21)30-28(38(32,35-6-2)36-7-3)27-26(20-12-9-8-10-13-20)24-17-16-23(33-4)19-25(24)37-27/h8-19,28,30H,5-7H2,1-4H3. The number of rotatable bonds is 12. The van der Waals surface area contributed by atoms with E-state index in [-0.39, 0.29) is 19.8 Å². The van der Waals surface area contributed by atoms with Crippen LogP contribution in [-0.2, 0) is 18.3 Å². The largest absolute Gasteiger partial charge is 0.497 e. The van der Waals surface area contributed by atoms with Gasteiger partial charge in [-0.05, 0) is 56.7 Å². The van der Waals surface area contributed by atoms with Gasteiger partial charge in [0.25, 0.3) is 0 Å². The molecule has 4 aromatic rings. The number of ether oxygens (including phenoxy) is 2. The predicted octanol–water partition coefficient (Wildman–Crippen LogP) is 7.66. The molecule has 1 N–H and O–H groups in total. The van der Waals surface area contributed by atoms with E-state index in [0.717, 1.165) is 16.5 Å². The minimum atomic E-state index is -3.84. The number of methoxy groups -OCH3 is 1. The second-order valence-electron chi connectivity index (χ2n) is 8.29. The van der Waals surface area contributed by atoms with Crippen molar-refractivity contribution in [1.82, 2.24) is 0 Å². The van der Waals surface area contributed by atoms with Crippen molar-refractivity contribution in [3.63, 3.8) is 0 Å². The average Bonchev–Trinajstić information content (AvgIpc) is 3.31. The van der Waals surface area contributed by atoms with E-state index in [1.807, 2.05) is 42.5 Å². The first kappa shape index (κ1) is 27.5. The molecule has 0 saturated heterocycles. The second-order valence-corrected chi connectivity index (χ2v) is 10.4. The highest BCUT2D eigenvalue weighted by Crippen LogP contribution is 2.63. The molecule has 0 radical (unpaired) electrons. The van der Waals surface area contributed by atoms with Gasteiger partial charge in [0.1, 0.15) is 17.1 Å². The van der Waals surface area contributed by atoms with Gasteiger partial charge in [0.2, 0.25) is 0 Å². The third-order valence-corrected chi connectivity index (χ3v) is 8.08. The van der Waals surface area contributed by atoms with E-state index in [1.165, 1.54) is 0 Å². The third-order valence-electron chi connectivity index (χ3n) is 5.85. The summed E-state index contributed by atoms with van der Waals surface area (Å²) in [6, 6.07) is 22.0. The van der Waals surface area contributed by atoms with Gasteiger partial charge in [-0.3, -0.25) is 4.57 Å². The Balaban J connectivity index is 1.93. The van der Waals surface area contributed by atoms with Gasteiger partial charge >= 0.3 is 13.6 Å². The molecule has 200 valence electrons. The molecule has 0 bridgehead atoms. The summed E-state index contributed by atoms with van der Waals surface area (Å²) in [6.07, 6.45) is 0. The van der Waals surface area contributed by atoms with E-state index in [9.17, 15) is 9.36 Å². The van der Waals surface area contributed by atoms with Crippen LogP contribution in [-0.4, -0.2) is 32.9 Å². The number of anilines is 1. The van der Waals surface area contributed by atoms with Crippen LogP contribution in [0.2, 0.25) is 0 Å². The van der Waals surface area contributed by atoms with E-state index in [1.54, 1.807) is 58.2 Å². The molecule has 1 atom stereocenters. The number of benzene rings is 3. The highest BCUT2D eigenvalue weighted by atomic mass is 31.2. The number of hydrogen-bond donors (Lipinski definition) is 1. The van der Waals surface area contributed by atoms with Gasteiger partial charge in [-0.15, -0.1) is 0 Å². The molecule has 0 spiro atoms. The molecule has 0 saturated carbocycles. The topological polar surface area (TPSA) is 96.2 Å². The Morgan fingerprint density at radius 2 is 1.66 bits per heavy atom. The lowest BCUT2D eigenvalue weighted by atomic mass is 10.0. The lowest BCUT2D eigenvalue weighted by Crippen LogP contribution is -2.16.